The summed E-state index contributed by atoms with van der Waals surface area (Å²) < 4.78 is 0. The van der Waals surface area contributed by atoms with Gasteiger partial charge in [-0.25, -0.2) is 0 Å². The first-order valence-electron chi connectivity index (χ1n) is 13.2. The van der Waals surface area contributed by atoms with Gasteiger partial charge in [-0.2, -0.15) is 0 Å². The van der Waals surface area contributed by atoms with Gasteiger partial charge in [-0.05, 0) is 51.6 Å². The molecule has 0 saturated carbocycles. The van der Waals surface area contributed by atoms with Crippen molar-refractivity contribution in [3.05, 3.63) is 0 Å². The van der Waals surface area contributed by atoms with E-state index in [0.29, 0.717) is 17.6 Å². The van der Waals surface area contributed by atoms with Crippen molar-refractivity contribution in [2.75, 3.05) is 25.4 Å². The van der Waals surface area contributed by atoms with Crippen molar-refractivity contribution in [3.63, 3.8) is 0 Å². The molecule has 0 fully saturated rings. The second kappa shape index (κ2) is 25.2. The summed E-state index contributed by atoms with van der Waals surface area (Å²) >= 11 is 1.62. The van der Waals surface area contributed by atoms with Gasteiger partial charge in [0.25, 0.3) is 0 Å². The van der Waals surface area contributed by atoms with E-state index >= 15 is 0 Å². The zero-order valence-electron chi connectivity index (χ0n) is 20.4. The minimum absolute atomic E-state index is 0.302. The van der Waals surface area contributed by atoms with Crippen molar-refractivity contribution in [2.45, 2.75) is 129 Å². The standard InChI is InChI=1S/C26H53NO2S/c1-3-5-7-9-10-14-20-25(19-13-8-6-4-2)26(29)30-24-18-12-11-15-21-27-22-16-17-23-28/h25,27-28H,3-24H2,1-2H3. The summed E-state index contributed by atoms with van der Waals surface area (Å²) in [6.07, 6.45) is 22.0. The fourth-order valence-electron chi connectivity index (χ4n) is 3.85. The van der Waals surface area contributed by atoms with Gasteiger partial charge in [0, 0.05) is 18.3 Å². The number of nitrogens with one attached hydrogen (secondary N) is 1. The van der Waals surface area contributed by atoms with Crippen molar-refractivity contribution in [1.82, 2.24) is 5.32 Å². The third-order valence-corrected chi connectivity index (χ3v) is 7.01. The number of hydrogen-bond acceptors (Lipinski definition) is 4. The lowest BCUT2D eigenvalue weighted by Crippen LogP contribution is -2.16. The Kier molecular flexibility index (Phi) is 25.2. The highest BCUT2D eigenvalue weighted by Crippen LogP contribution is 2.25. The smallest absolute Gasteiger partial charge is 0.192 e. The Morgan fingerprint density at radius 2 is 1.20 bits per heavy atom. The Balaban J connectivity index is 3.84. The largest absolute Gasteiger partial charge is 0.396 e. The molecule has 0 radical (unpaired) electrons. The van der Waals surface area contributed by atoms with Crippen molar-refractivity contribution in [3.8, 4) is 0 Å². The third-order valence-electron chi connectivity index (χ3n) is 5.90. The lowest BCUT2D eigenvalue weighted by Gasteiger charge is -2.15. The van der Waals surface area contributed by atoms with Crippen LogP contribution in [0.15, 0.2) is 0 Å². The van der Waals surface area contributed by atoms with Crippen LogP contribution >= 0.6 is 11.8 Å². The van der Waals surface area contributed by atoms with Gasteiger partial charge in [0.15, 0.2) is 5.12 Å². The Morgan fingerprint density at radius 1 is 0.700 bits per heavy atom. The fraction of sp³-hybridized carbons (Fsp3) is 0.962. The van der Waals surface area contributed by atoms with E-state index in [2.05, 4.69) is 19.2 Å². The monoisotopic (exact) mass is 443 g/mol. The normalized spacial score (nSPS) is 12.4. The summed E-state index contributed by atoms with van der Waals surface area (Å²) in [7, 11) is 0. The third kappa shape index (κ3) is 21.2. The summed E-state index contributed by atoms with van der Waals surface area (Å²) in [4.78, 5) is 12.8. The fourth-order valence-corrected chi connectivity index (χ4v) is 4.87. The maximum absolute atomic E-state index is 12.8. The SMILES string of the molecule is CCCCCCCCC(CCCCCC)C(=O)SCCCCCCNCCCCO. The number of aliphatic hydroxyl groups is 1. The van der Waals surface area contributed by atoms with Gasteiger partial charge < -0.3 is 10.4 Å². The van der Waals surface area contributed by atoms with Crippen molar-refractivity contribution in [1.29, 1.82) is 0 Å². The van der Waals surface area contributed by atoms with Crippen LogP contribution in [-0.4, -0.2) is 35.7 Å². The van der Waals surface area contributed by atoms with Crippen molar-refractivity contribution >= 4 is 16.9 Å². The van der Waals surface area contributed by atoms with Gasteiger partial charge in [-0.1, -0.05) is 103 Å². The molecule has 2 N–H and O–H groups in total. The molecule has 0 saturated heterocycles. The van der Waals surface area contributed by atoms with Gasteiger partial charge in [-0.15, -0.1) is 0 Å². The van der Waals surface area contributed by atoms with Crippen molar-refractivity contribution < 1.29 is 9.90 Å². The predicted octanol–water partition coefficient (Wildman–Crippen LogP) is 7.51. The molecule has 1 atom stereocenters. The van der Waals surface area contributed by atoms with Crippen LogP contribution in [0, 0.1) is 5.92 Å². The maximum Gasteiger partial charge on any atom is 0.192 e. The second-order valence-corrected chi connectivity index (χ2v) is 9.96. The van der Waals surface area contributed by atoms with E-state index in [1.54, 1.807) is 11.8 Å². The second-order valence-electron chi connectivity index (χ2n) is 8.87. The molecule has 0 spiro atoms. The van der Waals surface area contributed by atoms with E-state index in [4.69, 9.17) is 5.11 Å². The van der Waals surface area contributed by atoms with Crippen LogP contribution in [0.3, 0.4) is 0 Å². The average Bonchev–Trinajstić information content (AvgIpc) is 2.75. The van der Waals surface area contributed by atoms with Crippen LogP contribution in [0.5, 0.6) is 0 Å². The quantitative estimate of drug-likeness (QED) is 0.152. The van der Waals surface area contributed by atoms with Gasteiger partial charge in [-0.3, -0.25) is 4.79 Å². The van der Waals surface area contributed by atoms with Gasteiger partial charge in [0.1, 0.15) is 0 Å². The number of unbranched alkanes of at least 4 members (excludes halogenated alkanes) is 12. The number of carbonyl (C=O) groups is 1. The first kappa shape index (κ1) is 29.9. The summed E-state index contributed by atoms with van der Waals surface area (Å²) in [5.41, 5.74) is 0. The molecule has 180 valence electrons. The van der Waals surface area contributed by atoms with Gasteiger partial charge in [0.05, 0.1) is 0 Å². The van der Waals surface area contributed by atoms with E-state index in [1.807, 2.05) is 0 Å². The van der Waals surface area contributed by atoms with E-state index < -0.39 is 0 Å². The Morgan fingerprint density at radius 3 is 1.83 bits per heavy atom. The maximum atomic E-state index is 12.8. The average molecular weight is 444 g/mol. The minimum atomic E-state index is 0.302. The Labute approximate surface area is 192 Å². The highest BCUT2D eigenvalue weighted by atomic mass is 32.2. The molecular weight excluding hydrogens is 390 g/mol. The topological polar surface area (TPSA) is 49.3 Å². The molecule has 3 nitrogen and oxygen atoms in total. The number of hydrogen-bond donors (Lipinski definition) is 2. The first-order chi connectivity index (χ1) is 14.8. The summed E-state index contributed by atoms with van der Waals surface area (Å²) in [6.45, 7) is 6.91. The highest BCUT2D eigenvalue weighted by Gasteiger charge is 2.18. The molecule has 0 amide bonds. The van der Waals surface area contributed by atoms with E-state index in [9.17, 15) is 4.79 Å². The zero-order valence-corrected chi connectivity index (χ0v) is 21.2. The lowest BCUT2D eigenvalue weighted by molar-refractivity contribution is -0.114. The highest BCUT2D eigenvalue weighted by molar-refractivity contribution is 8.13. The molecule has 0 rings (SSSR count). The molecular formula is C26H53NO2S. The Hall–Kier alpha value is -0.0600. The lowest BCUT2D eigenvalue weighted by atomic mass is 9.95. The molecule has 0 aromatic rings. The molecule has 0 heterocycles. The van der Waals surface area contributed by atoms with Crippen LogP contribution in [0.4, 0.5) is 0 Å². The number of aliphatic hydroxyl groups excluding tert-OH is 1. The molecule has 0 aliphatic heterocycles. The van der Waals surface area contributed by atoms with E-state index in [-0.39, 0.29) is 0 Å². The molecule has 30 heavy (non-hydrogen) atoms. The molecule has 0 bridgehead atoms. The van der Waals surface area contributed by atoms with E-state index in [0.717, 1.165) is 44.5 Å². The summed E-state index contributed by atoms with van der Waals surface area (Å²) in [5.74, 6) is 1.31. The summed E-state index contributed by atoms with van der Waals surface area (Å²) in [5, 5.41) is 12.7. The number of carbonyl (C=O) groups excluding carboxylic acids is 1. The first-order valence-corrected chi connectivity index (χ1v) is 14.2. The molecule has 1 unspecified atom stereocenters. The van der Waals surface area contributed by atoms with E-state index in [1.165, 1.54) is 89.9 Å². The Bertz CT molecular complexity index is 352. The molecule has 0 aliphatic rings. The number of thioether (sulfide) groups is 1. The molecule has 0 aromatic carbocycles. The van der Waals surface area contributed by atoms with Crippen molar-refractivity contribution in [2.24, 2.45) is 5.92 Å². The van der Waals surface area contributed by atoms with Crippen LogP contribution in [0.25, 0.3) is 0 Å². The number of rotatable bonds is 24. The minimum Gasteiger partial charge on any atom is -0.396 e. The molecule has 0 aliphatic carbocycles. The van der Waals surface area contributed by atoms with Crippen LogP contribution < -0.4 is 5.32 Å². The zero-order chi connectivity index (χ0) is 22.1. The molecule has 0 aromatic heterocycles. The van der Waals surface area contributed by atoms with Crippen LogP contribution in [-0.2, 0) is 4.79 Å². The van der Waals surface area contributed by atoms with Gasteiger partial charge in [0.2, 0.25) is 0 Å². The molecule has 4 heteroatoms. The van der Waals surface area contributed by atoms with Crippen LogP contribution in [0.1, 0.15) is 129 Å². The summed E-state index contributed by atoms with van der Waals surface area (Å²) in [6, 6.07) is 0. The predicted molar refractivity (Wildman–Crippen MR) is 135 cm³/mol. The van der Waals surface area contributed by atoms with Crippen LogP contribution in [0.2, 0.25) is 0 Å². The van der Waals surface area contributed by atoms with Gasteiger partial charge >= 0.3 is 0 Å².